The standard InChI is InChI=1S/C16H11BrClN3O2S2/c1-23-12-7-13-11(6-10(12)18)19-16(25-13)21-15(24)20-14(22)8-4-2-3-5-9(8)17/h2-7H,1H3,(H2,19,20,21,22,24). The number of amides is 1. The van der Waals surface area contributed by atoms with Crippen molar-refractivity contribution < 1.29 is 9.53 Å². The molecule has 0 aliphatic carbocycles. The molecule has 1 amide bonds. The first-order chi connectivity index (χ1) is 12.0. The molecule has 0 spiro atoms. The van der Waals surface area contributed by atoms with Crippen molar-refractivity contribution in [3.8, 4) is 5.75 Å². The van der Waals surface area contributed by atoms with Crippen molar-refractivity contribution in [2.75, 3.05) is 12.4 Å². The van der Waals surface area contributed by atoms with Gasteiger partial charge in [0.2, 0.25) is 0 Å². The Labute approximate surface area is 166 Å². The Morgan fingerprint density at radius 2 is 2.12 bits per heavy atom. The van der Waals surface area contributed by atoms with Crippen LogP contribution < -0.4 is 15.4 Å². The van der Waals surface area contributed by atoms with E-state index < -0.39 is 0 Å². The number of nitrogens with one attached hydrogen (secondary N) is 2. The van der Waals surface area contributed by atoms with Crippen LogP contribution in [-0.2, 0) is 0 Å². The van der Waals surface area contributed by atoms with Gasteiger partial charge < -0.3 is 10.1 Å². The van der Waals surface area contributed by atoms with E-state index in [0.717, 1.165) is 10.2 Å². The minimum atomic E-state index is -0.309. The summed E-state index contributed by atoms with van der Waals surface area (Å²) in [6.45, 7) is 0. The predicted octanol–water partition coefficient (Wildman–Crippen LogP) is 4.85. The molecule has 0 aliphatic heterocycles. The molecule has 0 saturated carbocycles. The van der Waals surface area contributed by atoms with Crippen LogP contribution in [0, 0.1) is 0 Å². The number of fused-ring (bicyclic) bond motifs is 1. The van der Waals surface area contributed by atoms with Crippen LogP contribution >= 0.6 is 51.1 Å². The molecule has 1 heterocycles. The van der Waals surface area contributed by atoms with Gasteiger partial charge in [-0.25, -0.2) is 4.98 Å². The smallest absolute Gasteiger partial charge is 0.258 e. The number of anilines is 1. The van der Waals surface area contributed by atoms with Gasteiger partial charge in [-0.3, -0.25) is 10.1 Å². The Morgan fingerprint density at radius 1 is 1.36 bits per heavy atom. The normalized spacial score (nSPS) is 10.5. The van der Waals surface area contributed by atoms with E-state index in [4.69, 9.17) is 28.6 Å². The van der Waals surface area contributed by atoms with E-state index in [1.165, 1.54) is 11.3 Å². The summed E-state index contributed by atoms with van der Waals surface area (Å²) in [5, 5.41) is 6.75. The van der Waals surface area contributed by atoms with Crippen LogP contribution in [0.3, 0.4) is 0 Å². The van der Waals surface area contributed by atoms with E-state index in [-0.39, 0.29) is 11.0 Å². The van der Waals surface area contributed by atoms with Gasteiger partial charge in [-0.15, -0.1) is 0 Å². The maximum Gasteiger partial charge on any atom is 0.258 e. The molecule has 128 valence electrons. The van der Waals surface area contributed by atoms with Crippen LogP contribution in [-0.4, -0.2) is 23.1 Å². The Balaban J connectivity index is 1.74. The highest BCUT2D eigenvalue weighted by Crippen LogP contribution is 2.34. The number of benzene rings is 2. The Bertz CT molecular complexity index is 977. The van der Waals surface area contributed by atoms with E-state index >= 15 is 0 Å². The third-order valence-corrected chi connectivity index (χ3v) is 5.35. The summed E-state index contributed by atoms with van der Waals surface area (Å²) in [4.78, 5) is 16.7. The first-order valence-corrected chi connectivity index (χ1v) is 9.38. The molecule has 5 nitrogen and oxygen atoms in total. The number of nitrogens with zero attached hydrogens (tertiary/aromatic N) is 1. The molecule has 25 heavy (non-hydrogen) atoms. The highest BCUT2D eigenvalue weighted by Gasteiger charge is 2.13. The van der Waals surface area contributed by atoms with Crippen molar-refractivity contribution in [3.05, 3.63) is 51.5 Å². The topological polar surface area (TPSA) is 63.2 Å². The number of ether oxygens (including phenoxy) is 1. The fourth-order valence-electron chi connectivity index (χ4n) is 2.08. The number of hydrogen-bond donors (Lipinski definition) is 2. The molecule has 3 aromatic rings. The molecule has 0 atom stereocenters. The van der Waals surface area contributed by atoms with Gasteiger partial charge in [-0.05, 0) is 46.3 Å². The second kappa shape index (κ2) is 7.65. The summed E-state index contributed by atoms with van der Waals surface area (Å²) in [5.74, 6) is 0.268. The molecule has 0 unspecified atom stereocenters. The lowest BCUT2D eigenvalue weighted by atomic mass is 10.2. The fourth-order valence-corrected chi connectivity index (χ4v) is 3.92. The number of carbonyl (C=O) groups is 1. The summed E-state index contributed by atoms with van der Waals surface area (Å²) in [6.07, 6.45) is 0. The fraction of sp³-hybridized carbons (Fsp3) is 0.0625. The first-order valence-electron chi connectivity index (χ1n) is 6.99. The summed E-state index contributed by atoms with van der Waals surface area (Å²) >= 11 is 16.0. The largest absolute Gasteiger partial charge is 0.495 e. The lowest BCUT2D eigenvalue weighted by Crippen LogP contribution is -2.34. The van der Waals surface area contributed by atoms with Crippen molar-refractivity contribution in [2.24, 2.45) is 0 Å². The van der Waals surface area contributed by atoms with Crippen molar-refractivity contribution >= 4 is 77.5 Å². The molecule has 0 bridgehead atoms. The van der Waals surface area contributed by atoms with Crippen LogP contribution in [0.1, 0.15) is 10.4 Å². The van der Waals surface area contributed by atoms with Crippen LogP contribution in [0.15, 0.2) is 40.9 Å². The highest BCUT2D eigenvalue weighted by atomic mass is 79.9. The number of halogens is 2. The lowest BCUT2D eigenvalue weighted by Gasteiger charge is -2.08. The quantitative estimate of drug-likeness (QED) is 0.552. The average Bonchev–Trinajstić information content (AvgIpc) is 2.94. The summed E-state index contributed by atoms with van der Waals surface area (Å²) in [5.41, 5.74) is 1.21. The molecular weight excluding hydrogens is 446 g/mol. The van der Waals surface area contributed by atoms with Crippen LogP contribution in [0.5, 0.6) is 5.75 Å². The number of rotatable bonds is 3. The molecule has 0 fully saturated rings. The maximum atomic E-state index is 12.2. The molecule has 0 aliphatic rings. The Kier molecular flexibility index (Phi) is 5.53. The zero-order valence-corrected chi connectivity index (χ0v) is 16.8. The summed E-state index contributed by atoms with van der Waals surface area (Å²) < 4.78 is 6.78. The van der Waals surface area contributed by atoms with Gasteiger partial charge >= 0.3 is 0 Å². The minimum absolute atomic E-state index is 0.165. The van der Waals surface area contributed by atoms with Crippen LogP contribution in [0.25, 0.3) is 10.2 Å². The van der Waals surface area contributed by atoms with E-state index in [0.29, 0.717) is 25.9 Å². The lowest BCUT2D eigenvalue weighted by molar-refractivity contribution is 0.0977. The summed E-state index contributed by atoms with van der Waals surface area (Å²) in [7, 11) is 1.56. The second-order valence-electron chi connectivity index (χ2n) is 4.86. The zero-order valence-electron chi connectivity index (χ0n) is 12.8. The third-order valence-electron chi connectivity index (χ3n) is 3.23. The van der Waals surface area contributed by atoms with Crippen molar-refractivity contribution in [2.45, 2.75) is 0 Å². The predicted molar refractivity (Wildman–Crippen MR) is 109 cm³/mol. The van der Waals surface area contributed by atoms with Gasteiger partial charge in [-0.1, -0.05) is 35.1 Å². The van der Waals surface area contributed by atoms with E-state index in [1.807, 2.05) is 12.1 Å². The SMILES string of the molecule is COc1cc2sc(NC(=S)NC(=O)c3ccccc3Br)nc2cc1Cl. The maximum absolute atomic E-state index is 12.2. The molecule has 0 radical (unpaired) electrons. The van der Waals surface area contributed by atoms with E-state index in [9.17, 15) is 4.79 Å². The highest BCUT2D eigenvalue weighted by molar-refractivity contribution is 9.10. The van der Waals surface area contributed by atoms with E-state index in [2.05, 4.69) is 31.5 Å². The Morgan fingerprint density at radius 3 is 2.84 bits per heavy atom. The Hall–Kier alpha value is -1.74. The van der Waals surface area contributed by atoms with Crippen molar-refractivity contribution in [1.29, 1.82) is 0 Å². The number of methoxy groups -OCH3 is 1. The van der Waals surface area contributed by atoms with Gasteiger partial charge in [0.1, 0.15) is 5.75 Å². The molecular formula is C16H11BrClN3O2S2. The molecule has 2 aromatic carbocycles. The second-order valence-corrected chi connectivity index (χ2v) is 7.56. The van der Waals surface area contributed by atoms with Gasteiger partial charge in [0.05, 0.1) is 27.9 Å². The third kappa shape index (κ3) is 4.09. The number of thiocarbonyl (C=S) groups is 1. The number of aromatic nitrogens is 1. The van der Waals surface area contributed by atoms with Gasteiger partial charge in [0, 0.05) is 10.5 Å². The molecule has 9 heteroatoms. The minimum Gasteiger partial charge on any atom is -0.495 e. The molecule has 1 aromatic heterocycles. The zero-order chi connectivity index (χ0) is 18.0. The van der Waals surface area contributed by atoms with Gasteiger partial charge in [0.25, 0.3) is 5.91 Å². The average molecular weight is 457 g/mol. The van der Waals surface area contributed by atoms with Gasteiger partial charge in [-0.2, -0.15) is 0 Å². The number of hydrogen-bond acceptors (Lipinski definition) is 5. The van der Waals surface area contributed by atoms with Crippen LogP contribution in [0.4, 0.5) is 5.13 Å². The number of carbonyl (C=O) groups excluding carboxylic acids is 1. The summed E-state index contributed by atoms with van der Waals surface area (Å²) in [6, 6.07) is 10.6. The van der Waals surface area contributed by atoms with Crippen molar-refractivity contribution in [1.82, 2.24) is 10.3 Å². The molecule has 0 saturated heterocycles. The van der Waals surface area contributed by atoms with Gasteiger partial charge in [0.15, 0.2) is 10.2 Å². The van der Waals surface area contributed by atoms with E-state index in [1.54, 1.807) is 31.4 Å². The monoisotopic (exact) mass is 455 g/mol. The molecule has 3 rings (SSSR count). The van der Waals surface area contributed by atoms with Crippen molar-refractivity contribution in [3.63, 3.8) is 0 Å². The number of thiazole rings is 1. The van der Waals surface area contributed by atoms with Crippen LogP contribution in [0.2, 0.25) is 5.02 Å². The first kappa shape index (κ1) is 18.1. The molecule has 2 N–H and O–H groups in total.